The molecule has 4 N–H and O–H groups in total. The van der Waals surface area contributed by atoms with Crippen LogP contribution < -0.4 is 16.0 Å². The van der Waals surface area contributed by atoms with Gasteiger partial charge in [0, 0.05) is 13.0 Å². The molecule has 9 heteroatoms. The zero-order valence-corrected chi connectivity index (χ0v) is 16.8. The fraction of sp³-hybridized carbons (Fsp3) is 0.524. The van der Waals surface area contributed by atoms with Crippen molar-refractivity contribution in [1.82, 2.24) is 20.9 Å². The lowest BCUT2D eigenvalue weighted by Crippen LogP contribution is -2.56. The summed E-state index contributed by atoms with van der Waals surface area (Å²) in [6.45, 7) is 0.676. The molecule has 0 unspecified atom stereocenters. The fourth-order valence-corrected chi connectivity index (χ4v) is 4.01. The standard InChI is InChI=1S/C21H28N4O5/c26-18(27)13-23-20(29)17-9-5-11-25(17)21(30)16(12-14-6-2-1-3-7-14)24-19(28)15-8-4-10-22-15/h1-3,6-7,15-17,22H,4-5,8-13H2,(H,23,29)(H,24,28)(H,26,27)/t15-,16-,17-/m0/s1. The minimum absolute atomic E-state index is 0.215. The Bertz CT molecular complexity index is 779. The average molecular weight is 416 g/mol. The lowest BCUT2D eigenvalue weighted by atomic mass is 10.0. The van der Waals surface area contributed by atoms with Gasteiger partial charge in [-0.25, -0.2) is 0 Å². The van der Waals surface area contributed by atoms with Crippen molar-refractivity contribution in [1.29, 1.82) is 0 Å². The summed E-state index contributed by atoms with van der Waals surface area (Å²) in [6, 6.07) is 7.56. The van der Waals surface area contributed by atoms with Crippen molar-refractivity contribution in [2.45, 2.75) is 50.2 Å². The molecule has 3 amide bonds. The van der Waals surface area contributed by atoms with E-state index in [2.05, 4.69) is 16.0 Å². The number of hydrogen-bond donors (Lipinski definition) is 4. The number of benzene rings is 1. The number of aliphatic carboxylic acids is 1. The van der Waals surface area contributed by atoms with E-state index in [1.54, 1.807) is 0 Å². The molecule has 2 saturated heterocycles. The van der Waals surface area contributed by atoms with Crippen molar-refractivity contribution in [3.05, 3.63) is 35.9 Å². The van der Waals surface area contributed by atoms with Crippen molar-refractivity contribution in [2.24, 2.45) is 0 Å². The third-order valence-corrected chi connectivity index (χ3v) is 5.53. The average Bonchev–Trinajstić information content (AvgIpc) is 3.43. The van der Waals surface area contributed by atoms with Crippen LogP contribution in [0.1, 0.15) is 31.2 Å². The highest BCUT2D eigenvalue weighted by molar-refractivity contribution is 5.94. The summed E-state index contributed by atoms with van der Waals surface area (Å²) >= 11 is 0. The third-order valence-electron chi connectivity index (χ3n) is 5.53. The predicted octanol–water partition coefficient (Wildman–Crippen LogP) is -0.342. The Hall–Kier alpha value is -2.94. The molecule has 1 aromatic rings. The maximum absolute atomic E-state index is 13.3. The summed E-state index contributed by atoms with van der Waals surface area (Å²) in [5, 5.41) is 17.1. The fourth-order valence-electron chi connectivity index (χ4n) is 4.01. The van der Waals surface area contributed by atoms with E-state index in [9.17, 15) is 19.2 Å². The highest BCUT2D eigenvalue weighted by Gasteiger charge is 2.38. The van der Waals surface area contributed by atoms with Crippen LogP contribution in [0.25, 0.3) is 0 Å². The number of carboxylic acid groups (broad SMARTS) is 1. The molecule has 30 heavy (non-hydrogen) atoms. The highest BCUT2D eigenvalue weighted by atomic mass is 16.4. The van der Waals surface area contributed by atoms with Crippen LogP contribution in [0.15, 0.2) is 30.3 Å². The summed E-state index contributed by atoms with van der Waals surface area (Å²) in [5.41, 5.74) is 0.904. The Labute approximate surface area is 175 Å². The van der Waals surface area contributed by atoms with Crippen LogP contribution in [0.4, 0.5) is 0 Å². The summed E-state index contributed by atoms with van der Waals surface area (Å²) in [6.07, 6.45) is 3.06. The van der Waals surface area contributed by atoms with E-state index < -0.39 is 30.5 Å². The molecule has 0 aliphatic carbocycles. The summed E-state index contributed by atoms with van der Waals surface area (Å²) < 4.78 is 0. The lowest BCUT2D eigenvalue weighted by Gasteiger charge is -2.29. The Morgan fingerprint density at radius 1 is 1.10 bits per heavy atom. The molecule has 0 aromatic heterocycles. The topological polar surface area (TPSA) is 128 Å². The second kappa shape index (κ2) is 10.2. The molecule has 3 atom stereocenters. The van der Waals surface area contributed by atoms with Gasteiger partial charge in [-0.1, -0.05) is 30.3 Å². The predicted molar refractivity (Wildman–Crippen MR) is 108 cm³/mol. The second-order valence-electron chi connectivity index (χ2n) is 7.70. The van der Waals surface area contributed by atoms with Crippen molar-refractivity contribution in [3.63, 3.8) is 0 Å². The van der Waals surface area contributed by atoms with Gasteiger partial charge in [0.2, 0.25) is 17.7 Å². The Balaban J connectivity index is 1.73. The van der Waals surface area contributed by atoms with Gasteiger partial charge in [0.05, 0.1) is 6.04 Å². The molecule has 0 saturated carbocycles. The maximum atomic E-state index is 13.3. The number of nitrogens with one attached hydrogen (secondary N) is 3. The smallest absolute Gasteiger partial charge is 0.322 e. The van der Waals surface area contributed by atoms with E-state index in [1.807, 2.05) is 30.3 Å². The molecule has 2 aliphatic rings. The van der Waals surface area contributed by atoms with Crippen LogP contribution in [0.3, 0.4) is 0 Å². The van der Waals surface area contributed by atoms with E-state index >= 15 is 0 Å². The van der Waals surface area contributed by atoms with E-state index in [4.69, 9.17) is 5.11 Å². The monoisotopic (exact) mass is 416 g/mol. The number of hydrogen-bond acceptors (Lipinski definition) is 5. The molecular formula is C21H28N4O5. The summed E-state index contributed by atoms with van der Waals surface area (Å²) in [4.78, 5) is 50.6. The minimum Gasteiger partial charge on any atom is -0.480 e. The third kappa shape index (κ3) is 5.56. The maximum Gasteiger partial charge on any atom is 0.322 e. The van der Waals surface area contributed by atoms with Crippen LogP contribution >= 0.6 is 0 Å². The van der Waals surface area contributed by atoms with Crippen molar-refractivity contribution < 1.29 is 24.3 Å². The van der Waals surface area contributed by atoms with Gasteiger partial charge in [0.15, 0.2) is 0 Å². The molecule has 2 fully saturated rings. The Morgan fingerprint density at radius 2 is 1.87 bits per heavy atom. The number of carbonyl (C=O) groups excluding carboxylic acids is 3. The normalized spacial score (nSPS) is 21.8. The first-order valence-corrected chi connectivity index (χ1v) is 10.3. The van der Waals surface area contributed by atoms with Crippen molar-refractivity contribution in [3.8, 4) is 0 Å². The van der Waals surface area contributed by atoms with Gasteiger partial charge in [-0.05, 0) is 37.8 Å². The summed E-state index contributed by atoms with van der Waals surface area (Å²) in [7, 11) is 0. The van der Waals surface area contributed by atoms with Gasteiger partial charge in [-0.15, -0.1) is 0 Å². The van der Waals surface area contributed by atoms with Crippen LogP contribution in [0, 0.1) is 0 Å². The minimum atomic E-state index is -1.14. The lowest BCUT2D eigenvalue weighted by molar-refractivity contribution is -0.142. The van der Waals surface area contributed by atoms with Crippen LogP contribution in [-0.4, -0.2) is 71.5 Å². The number of rotatable bonds is 8. The van der Waals surface area contributed by atoms with Gasteiger partial charge in [-0.3, -0.25) is 19.2 Å². The quantitative estimate of drug-likeness (QED) is 0.459. The van der Waals surface area contributed by atoms with E-state index in [0.717, 1.165) is 24.9 Å². The first kappa shape index (κ1) is 21.8. The summed E-state index contributed by atoms with van der Waals surface area (Å²) in [5.74, 6) is -2.16. The molecule has 0 spiro atoms. The highest BCUT2D eigenvalue weighted by Crippen LogP contribution is 2.20. The van der Waals surface area contributed by atoms with Gasteiger partial charge in [0.1, 0.15) is 18.6 Å². The first-order chi connectivity index (χ1) is 14.5. The van der Waals surface area contributed by atoms with Gasteiger partial charge < -0.3 is 26.0 Å². The zero-order chi connectivity index (χ0) is 21.5. The number of likely N-dealkylation sites (tertiary alicyclic amines) is 1. The van der Waals surface area contributed by atoms with E-state index in [0.29, 0.717) is 25.8 Å². The van der Waals surface area contributed by atoms with Crippen LogP contribution in [0.5, 0.6) is 0 Å². The van der Waals surface area contributed by atoms with Crippen molar-refractivity contribution in [2.75, 3.05) is 19.6 Å². The largest absolute Gasteiger partial charge is 0.480 e. The van der Waals surface area contributed by atoms with E-state index in [-0.39, 0.29) is 17.9 Å². The molecule has 1 aromatic carbocycles. The van der Waals surface area contributed by atoms with Crippen molar-refractivity contribution >= 4 is 23.7 Å². The van der Waals surface area contributed by atoms with Crippen LogP contribution in [-0.2, 0) is 25.6 Å². The first-order valence-electron chi connectivity index (χ1n) is 10.3. The zero-order valence-electron chi connectivity index (χ0n) is 16.8. The molecule has 0 radical (unpaired) electrons. The van der Waals surface area contributed by atoms with E-state index in [1.165, 1.54) is 4.90 Å². The molecule has 2 aliphatic heterocycles. The second-order valence-corrected chi connectivity index (χ2v) is 7.70. The van der Waals surface area contributed by atoms with Gasteiger partial charge in [-0.2, -0.15) is 0 Å². The number of nitrogens with zero attached hydrogens (tertiary/aromatic N) is 1. The Morgan fingerprint density at radius 3 is 2.53 bits per heavy atom. The number of carboxylic acids is 1. The molecule has 3 rings (SSSR count). The molecule has 162 valence electrons. The number of amides is 3. The van der Waals surface area contributed by atoms with Gasteiger partial charge >= 0.3 is 5.97 Å². The molecule has 2 heterocycles. The number of carbonyl (C=O) groups is 4. The molecule has 0 bridgehead atoms. The SMILES string of the molecule is O=C(O)CNC(=O)[C@@H]1CCCN1C(=O)[C@H](Cc1ccccc1)NC(=O)[C@@H]1CCCN1. The van der Waals surface area contributed by atoms with Gasteiger partial charge in [0.25, 0.3) is 0 Å². The van der Waals surface area contributed by atoms with Crippen LogP contribution in [0.2, 0.25) is 0 Å². The Kier molecular flexibility index (Phi) is 7.40. The molecule has 9 nitrogen and oxygen atoms in total. The molecular weight excluding hydrogens is 388 g/mol.